The molecule has 0 rings (SSSR count). The van der Waals surface area contributed by atoms with Gasteiger partial charge in [0.15, 0.2) is 0 Å². The van der Waals surface area contributed by atoms with Crippen molar-refractivity contribution in [1.29, 1.82) is 0 Å². The van der Waals surface area contributed by atoms with Crippen molar-refractivity contribution in [2.75, 3.05) is 52.9 Å². The number of nitrogens with one attached hydrogen (secondary N) is 1. The highest BCUT2D eigenvalue weighted by Gasteiger charge is 2.17. The lowest BCUT2D eigenvalue weighted by Crippen LogP contribution is -2.43. The molecule has 470 valence electrons. The van der Waals surface area contributed by atoms with Crippen LogP contribution in [0.2, 0.25) is 0 Å². The fraction of sp³-hybridized carbons (Fsp3) is 0.838. The molecule has 0 aromatic heterocycles. The Morgan fingerprint density at radius 3 is 0.863 bits per heavy atom. The number of allylic oxidation sites excluding steroid dienone is 12. The normalized spacial score (nSPS) is 13.8. The molecule has 6 heteroatoms. The van der Waals surface area contributed by atoms with Crippen molar-refractivity contribution in [3.05, 3.63) is 72.9 Å². The van der Waals surface area contributed by atoms with Crippen molar-refractivity contribution in [3.63, 3.8) is 0 Å². The predicted octanol–water partition coefficient (Wildman–Crippen LogP) is 21.0. The van der Waals surface area contributed by atoms with E-state index in [1.165, 1.54) is 250 Å². The molecule has 0 aromatic carbocycles. The number of nitrogens with zero attached hydrogens (tertiary/aromatic N) is 2. The predicted molar refractivity (Wildman–Crippen MR) is 358 cm³/mol. The fourth-order valence-corrected chi connectivity index (χ4v) is 10.8. The molecule has 3 unspecified atom stereocenters. The number of hydrogen-bond acceptors (Lipinski definition) is 6. The number of unbranched alkanes of at least 4 members (excludes halogenated alkanes) is 36. The Balaban J connectivity index is 4.45. The lowest BCUT2D eigenvalue weighted by atomic mass is 10.0. The zero-order valence-corrected chi connectivity index (χ0v) is 54.3. The molecule has 0 saturated heterocycles. The molecule has 80 heavy (non-hydrogen) atoms. The molecule has 0 amide bonds. The number of hydrogen-bond donors (Lipinski definition) is 4. The van der Waals surface area contributed by atoms with E-state index in [9.17, 15) is 15.3 Å². The summed E-state index contributed by atoms with van der Waals surface area (Å²) in [6.45, 7) is 12.3. The van der Waals surface area contributed by atoms with Crippen molar-refractivity contribution in [2.24, 2.45) is 0 Å². The van der Waals surface area contributed by atoms with Crippen molar-refractivity contribution >= 4 is 0 Å². The maximum absolute atomic E-state index is 11.2. The first kappa shape index (κ1) is 78.2. The molecule has 0 fully saturated rings. The van der Waals surface area contributed by atoms with Crippen LogP contribution in [0.25, 0.3) is 0 Å². The van der Waals surface area contributed by atoms with Gasteiger partial charge in [0.05, 0.1) is 18.3 Å². The summed E-state index contributed by atoms with van der Waals surface area (Å²) in [5, 5.41) is 36.6. The molecule has 0 aliphatic heterocycles. The Hall–Kier alpha value is -1.80. The van der Waals surface area contributed by atoms with Gasteiger partial charge in [0.1, 0.15) is 0 Å². The van der Waals surface area contributed by atoms with E-state index in [1.54, 1.807) is 0 Å². The van der Waals surface area contributed by atoms with E-state index in [0.717, 1.165) is 84.0 Å². The van der Waals surface area contributed by atoms with Gasteiger partial charge in [0.25, 0.3) is 0 Å². The summed E-state index contributed by atoms with van der Waals surface area (Å²) < 4.78 is 0. The van der Waals surface area contributed by atoms with Crippen LogP contribution < -0.4 is 5.32 Å². The molecule has 0 aromatic rings. The average molecular weight is 1120 g/mol. The van der Waals surface area contributed by atoms with Crippen molar-refractivity contribution in [2.45, 2.75) is 347 Å². The highest BCUT2D eigenvalue weighted by molar-refractivity contribution is 4.94. The summed E-state index contributed by atoms with van der Waals surface area (Å²) in [6, 6.07) is 0. The number of aliphatic hydroxyl groups is 3. The van der Waals surface area contributed by atoms with Crippen LogP contribution in [0.5, 0.6) is 0 Å². The fourth-order valence-electron chi connectivity index (χ4n) is 10.8. The van der Waals surface area contributed by atoms with E-state index in [1.807, 2.05) is 0 Å². The van der Waals surface area contributed by atoms with Gasteiger partial charge >= 0.3 is 0 Å². The minimum Gasteiger partial charge on any atom is -0.392 e. The second-order valence-corrected chi connectivity index (χ2v) is 24.5. The van der Waals surface area contributed by atoms with Crippen molar-refractivity contribution in [3.8, 4) is 0 Å². The summed E-state index contributed by atoms with van der Waals surface area (Å²) in [5.74, 6) is 0. The Morgan fingerprint density at radius 2 is 0.562 bits per heavy atom. The monoisotopic (exact) mass is 1120 g/mol. The Bertz CT molecular complexity index is 1300. The lowest BCUT2D eigenvalue weighted by molar-refractivity contribution is 0.0563. The number of aliphatic hydroxyl groups excluding tert-OH is 3. The molecular formula is C74H141N3O3. The largest absolute Gasteiger partial charge is 0.392 e. The van der Waals surface area contributed by atoms with E-state index in [-0.39, 0.29) is 18.3 Å². The van der Waals surface area contributed by atoms with Gasteiger partial charge < -0.3 is 25.5 Å². The van der Waals surface area contributed by atoms with Crippen molar-refractivity contribution < 1.29 is 15.3 Å². The van der Waals surface area contributed by atoms with Crippen LogP contribution in [0.3, 0.4) is 0 Å². The molecule has 6 nitrogen and oxygen atoms in total. The quantitative estimate of drug-likeness (QED) is 0.0359. The van der Waals surface area contributed by atoms with Crippen LogP contribution >= 0.6 is 0 Å². The molecule has 0 heterocycles. The van der Waals surface area contributed by atoms with Gasteiger partial charge in [0.2, 0.25) is 0 Å². The summed E-state index contributed by atoms with van der Waals surface area (Å²) >= 11 is 0. The van der Waals surface area contributed by atoms with E-state index in [0.29, 0.717) is 19.6 Å². The molecule has 0 aliphatic rings. The third-order valence-corrected chi connectivity index (χ3v) is 16.3. The molecule has 0 aliphatic carbocycles. The topological polar surface area (TPSA) is 79.2 Å². The highest BCUT2D eigenvalue weighted by atomic mass is 16.3. The van der Waals surface area contributed by atoms with Crippen LogP contribution in [-0.4, -0.2) is 96.3 Å². The third kappa shape index (κ3) is 65.4. The van der Waals surface area contributed by atoms with E-state index < -0.39 is 0 Å². The van der Waals surface area contributed by atoms with Gasteiger partial charge in [-0.05, 0) is 123 Å². The summed E-state index contributed by atoms with van der Waals surface area (Å²) in [7, 11) is 2.17. The number of likely N-dealkylation sites (N-methyl/N-ethyl adjacent to an activating group) is 1. The Labute approximate surface area is 501 Å². The van der Waals surface area contributed by atoms with Crippen LogP contribution in [0.4, 0.5) is 0 Å². The van der Waals surface area contributed by atoms with E-state index in [2.05, 4.69) is 116 Å². The van der Waals surface area contributed by atoms with Gasteiger partial charge in [-0.1, -0.05) is 286 Å². The first-order valence-electron chi connectivity index (χ1n) is 35.5. The van der Waals surface area contributed by atoms with Gasteiger partial charge in [-0.15, -0.1) is 0 Å². The van der Waals surface area contributed by atoms with Gasteiger partial charge in [-0.25, -0.2) is 0 Å². The summed E-state index contributed by atoms with van der Waals surface area (Å²) in [5.41, 5.74) is 0. The first-order valence-corrected chi connectivity index (χ1v) is 35.5. The summed E-state index contributed by atoms with van der Waals surface area (Å²) in [4.78, 5) is 4.68. The second-order valence-electron chi connectivity index (χ2n) is 24.5. The zero-order chi connectivity index (χ0) is 58.0. The first-order chi connectivity index (χ1) is 39.4. The molecule has 0 spiro atoms. The maximum atomic E-state index is 11.2. The molecule has 3 atom stereocenters. The van der Waals surface area contributed by atoms with Crippen LogP contribution in [0.1, 0.15) is 329 Å². The minimum absolute atomic E-state index is 0.280. The van der Waals surface area contributed by atoms with E-state index in [4.69, 9.17) is 0 Å². The summed E-state index contributed by atoms with van der Waals surface area (Å²) in [6.07, 6.45) is 87.3. The van der Waals surface area contributed by atoms with Crippen LogP contribution in [0.15, 0.2) is 72.9 Å². The minimum atomic E-state index is -0.355. The maximum Gasteiger partial charge on any atom is 0.0667 e. The average Bonchev–Trinajstić information content (AvgIpc) is 3.45. The van der Waals surface area contributed by atoms with Crippen LogP contribution in [-0.2, 0) is 0 Å². The standard InChI is InChI=1S/C74H141N3O3/c1-5-8-11-14-17-20-23-26-29-32-35-38-41-44-47-50-53-56-59-62-72(78)69-75-65-66-76(4)67-68-77(70-73(79)63-60-57-54-51-48-45-42-39-36-33-30-27-24-21-18-15-12-9-6-2)71-74(80)64-61-58-55-52-49-46-43-40-37-34-31-28-25-22-19-16-13-10-7-3/h26-31,35-40,72-75,78-80H,5-25,32-34,41-71H2,1-4H3/b29-26-,30-27-,31-28-,38-35-,39-36-,40-37-. The SMILES string of the molecule is CCCCCCCC/C=C\C/C=C\CCCCCCCCC(O)CNCCN(C)CCN(CC(O)CCCCCCCC/C=C\C/C=C\CCCCCCCC)CC(O)CCCCCCCC/C=C\C/C=C\CCCCCCCC. The molecular weight excluding hydrogens is 979 g/mol. The van der Waals surface area contributed by atoms with Gasteiger partial charge in [-0.3, -0.25) is 4.90 Å². The smallest absolute Gasteiger partial charge is 0.0667 e. The van der Waals surface area contributed by atoms with Crippen LogP contribution in [0, 0.1) is 0 Å². The Morgan fingerprint density at radius 1 is 0.300 bits per heavy atom. The molecule has 4 N–H and O–H groups in total. The van der Waals surface area contributed by atoms with E-state index >= 15 is 0 Å². The van der Waals surface area contributed by atoms with Gasteiger partial charge in [0, 0.05) is 45.8 Å². The van der Waals surface area contributed by atoms with Crippen molar-refractivity contribution in [1.82, 2.24) is 15.1 Å². The third-order valence-electron chi connectivity index (χ3n) is 16.3. The molecule has 0 saturated carbocycles. The highest BCUT2D eigenvalue weighted by Crippen LogP contribution is 2.16. The van der Waals surface area contributed by atoms with Gasteiger partial charge in [-0.2, -0.15) is 0 Å². The number of rotatable bonds is 66. The lowest BCUT2D eigenvalue weighted by Gasteiger charge is -2.29. The zero-order valence-electron chi connectivity index (χ0n) is 54.3. The second kappa shape index (κ2) is 68.0. The molecule has 0 radical (unpaired) electrons. The molecule has 0 bridgehead atoms. The Kier molecular flexibility index (Phi) is 66.5.